The Bertz CT molecular complexity index is 1230. The fourth-order valence-corrected chi connectivity index (χ4v) is 4.84. The number of hydrogen-bond donors (Lipinski definition) is 2. The lowest BCUT2D eigenvalue weighted by molar-refractivity contribution is 0.585. The normalized spacial score (nSPS) is 14.5. The van der Waals surface area contributed by atoms with Gasteiger partial charge in [0.15, 0.2) is 0 Å². The van der Waals surface area contributed by atoms with Crippen molar-refractivity contribution in [1.82, 2.24) is 20.3 Å². The molecule has 0 bridgehead atoms. The summed E-state index contributed by atoms with van der Waals surface area (Å²) < 4.78 is 0. The SMILES string of the molecule is Cc1cc(-c2[nH]c3ccc(-c4ccc(N5CCNCC5)nc4)cc3c2C(C)C)cc(C)n1. The van der Waals surface area contributed by atoms with Crippen molar-refractivity contribution in [1.29, 1.82) is 0 Å². The van der Waals surface area contributed by atoms with Gasteiger partial charge in [-0.3, -0.25) is 4.98 Å². The highest BCUT2D eigenvalue weighted by atomic mass is 15.2. The number of rotatable bonds is 4. The molecule has 1 aromatic carbocycles. The van der Waals surface area contributed by atoms with Crippen LogP contribution < -0.4 is 10.2 Å². The number of aromatic amines is 1. The van der Waals surface area contributed by atoms with Crippen LogP contribution in [0.1, 0.15) is 36.7 Å². The lowest BCUT2D eigenvalue weighted by Crippen LogP contribution is -2.43. The topological polar surface area (TPSA) is 56.8 Å². The number of hydrogen-bond acceptors (Lipinski definition) is 4. The minimum atomic E-state index is 0.399. The van der Waals surface area contributed by atoms with Crippen LogP contribution in [0.25, 0.3) is 33.3 Å². The zero-order chi connectivity index (χ0) is 22.2. The number of pyridine rings is 2. The molecule has 1 saturated heterocycles. The van der Waals surface area contributed by atoms with Crippen molar-refractivity contribution < 1.29 is 0 Å². The van der Waals surface area contributed by atoms with Gasteiger partial charge in [-0.15, -0.1) is 0 Å². The standard InChI is InChI=1S/C27H31N5/c1-17(2)26-23-15-20(21-6-8-25(29-16-21)32-11-9-28-10-12-32)5-7-24(23)31-27(26)22-13-18(3)30-19(4)14-22/h5-8,13-17,28,31H,9-12H2,1-4H3. The van der Waals surface area contributed by atoms with Gasteiger partial charge in [0.1, 0.15) is 5.82 Å². The van der Waals surface area contributed by atoms with E-state index in [0.717, 1.165) is 48.9 Å². The van der Waals surface area contributed by atoms with Crippen LogP contribution in [0.2, 0.25) is 0 Å². The average molecular weight is 426 g/mol. The lowest BCUT2D eigenvalue weighted by Gasteiger charge is -2.28. The van der Waals surface area contributed by atoms with Gasteiger partial charge in [-0.1, -0.05) is 19.9 Å². The Labute approximate surface area is 189 Å². The molecule has 32 heavy (non-hydrogen) atoms. The second-order valence-corrected chi connectivity index (χ2v) is 9.11. The summed E-state index contributed by atoms with van der Waals surface area (Å²) in [5.41, 5.74) is 9.38. The highest BCUT2D eigenvalue weighted by molar-refractivity contribution is 5.94. The van der Waals surface area contributed by atoms with Crippen molar-refractivity contribution in [2.75, 3.05) is 31.1 Å². The molecular weight excluding hydrogens is 394 g/mol. The first-order valence-corrected chi connectivity index (χ1v) is 11.5. The smallest absolute Gasteiger partial charge is 0.128 e. The monoisotopic (exact) mass is 425 g/mol. The van der Waals surface area contributed by atoms with Crippen molar-refractivity contribution in [2.45, 2.75) is 33.6 Å². The maximum absolute atomic E-state index is 4.77. The van der Waals surface area contributed by atoms with Gasteiger partial charge < -0.3 is 15.2 Å². The van der Waals surface area contributed by atoms with Gasteiger partial charge in [0, 0.05) is 65.8 Å². The maximum atomic E-state index is 4.77. The number of nitrogens with zero attached hydrogens (tertiary/aromatic N) is 3. The molecule has 0 unspecified atom stereocenters. The largest absolute Gasteiger partial charge is 0.354 e. The average Bonchev–Trinajstić information content (AvgIpc) is 3.18. The van der Waals surface area contributed by atoms with Crippen LogP contribution in [0.5, 0.6) is 0 Å². The molecule has 0 saturated carbocycles. The summed E-state index contributed by atoms with van der Waals surface area (Å²) in [5, 5.41) is 4.68. The molecule has 5 heteroatoms. The predicted molar refractivity (Wildman–Crippen MR) is 133 cm³/mol. The third-order valence-electron chi connectivity index (χ3n) is 6.31. The van der Waals surface area contributed by atoms with E-state index in [2.05, 4.69) is 90.3 Å². The maximum Gasteiger partial charge on any atom is 0.128 e. The highest BCUT2D eigenvalue weighted by Crippen LogP contribution is 2.37. The van der Waals surface area contributed by atoms with E-state index in [9.17, 15) is 0 Å². The van der Waals surface area contributed by atoms with Crippen LogP contribution in [0.15, 0.2) is 48.7 Å². The van der Waals surface area contributed by atoms with Crippen molar-refractivity contribution in [3.63, 3.8) is 0 Å². The molecule has 2 N–H and O–H groups in total. The molecule has 164 valence electrons. The quantitative estimate of drug-likeness (QED) is 0.457. The zero-order valence-electron chi connectivity index (χ0n) is 19.4. The van der Waals surface area contributed by atoms with E-state index in [4.69, 9.17) is 4.98 Å². The summed E-state index contributed by atoms with van der Waals surface area (Å²) in [7, 11) is 0. The fraction of sp³-hybridized carbons (Fsp3) is 0.333. The molecular formula is C27H31N5. The Morgan fingerprint density at radius 1 is 0.875 bits per heavy atom. The first kappa shape index (κ1) is 20.7. The summed E-state index contributed by atoms with van der Waals surface area (Å²) in [6.07, 6.45) is 2.01. The molecule has 4 heterocycles. The summed E-state index contributed by atoms with van der Waals surface area (Å²) >= 11 is 0. The summed E-state index contributed by atoms with van der Waals surface area (Å²) in [4.78, 5) is 15.4. The van der Waals surface area contributed by atoms with Crippen LogP contribution in [-0.2, 0) is 0 Å². The number of nitrogens with one attached hydrogen (secondary N) is 2. The van der Waals surface area contributed by atoms with Gasteiger partial charge in [-0.2, -0.15) is 0 Å². The number of anilines is 1. The van der Waals surface area contributed by atoms with Crippen LogP contribution in [-0.4, -0.2) is 41.1 Å². The number of benzene rings is 1. The highest BCUT2D eigenvalue weighted by Gasteiger charge is 2.18. The first-order chi connectivity index (χ1) is 15.5. The Balaban J connectivity index is 1.55. The molecule has 5 rings (SSSR count). The molecule has 1 aliphatic rings. The van der Waals surface area contributed by atoms with E-state index in [0.29, 0.717) is 5.92 Å². The summed E-state index contributed by atoms with van der Waals surface area (Å²) in [6, 6.07) is 15.4. The van der Waals surface area contributed by atoms with Crippen LogP contribution in [0, 0.1) is 13.8 Å². The molecule has 1 fully saturated rings. The van der Waals surface area contributed by atoms with Gasteiger partial charge in [0.2, 0.25) is 0 Å². The Hall–Kier alpha value is -3.18. The zero-order valence-corrected chi connectivity index (χ0v) is 19.4. The predicted octanol–water partition coefficient (Wildman–Crippen LogP) is 5.44. The Morgan fingerprint density at radius 2 is 1.59 bits per heavy atom. The first-order valence-electron chi connectivity index (χ1n) is 11.5. The van der Waals surface area contributed by atoms with E-state index >= 15 is 0 Å². The van der Waals surface area contributed by atoms with E-state index in [-0.39, 0.29) is 0 Å². The van der Waals surface area contributed by atoms with E-state index in [1.165, 1.54) is 33.3 Å². The van der Waals surface area contributed by atoms with Crippen molar-refractivity contribution in [2.24, 2.45) is 0 Å². The molecule has 0 spiro atoms. The van der Waals surface area contributed by atoms with Crippen LogP contribution in [0.3, 0.4) is 0 Å². The Morgan fingerprint density at radius 3 is 2.25 bits per heavy atom. The Kier molecular flexibility index (Phi) is 5.43. The van der Waals surface area contributed by atoms with E-state index in [1.807, 2.05) is 6.20 Å². The van der Waals surface area contributed by atoms with Gasteiger partial charge in [0.25, 0.3) is 0 Å². The number of piperazine rings is 1. The third-order valence-corrected chi connectivity index (χ3v) is 6.31. The lowest BCUT2D eigenvalue weighted by atomic mass is 9.94. The molecule has 0 aliphatic carbocycles. The second kappa shape index (κ2) is 8.40. The third kappa shape index (κ3) is 3.89. The second-order valence-electron chi connectivity index (χ2n) is 9.11. The van der Waals surface area contributed by atoms with Crippen LogP contribution >= 0.6 is 0 Å². The molecule has 0 amide bonds. The molecule has 5 nitrogen and oxygen atoms in total. The molecule has 0 radical (unpaired) electrons. The van der Waals surface area contributed by atoms with Gasteiger partial charge in [0.05, 0.1) is 5.69 Å². The number of aryl methyl sites for hydroxylation is 2. The molecule has 3 aromatic heterocycles. The number of H-pyrrole nitrogens is 1. The molecule has 0 atom stereocenters. The van der Waals surface area contributed by atoms with Gasteiger partial charge >= 0.3 is 0 Å². The van der Waals surface area contributed by atoms with Crippen molar-refractivity contribution in [3.05, 3.63) is 65.6 Å². The number of fused-ring (bicyclic) bond motifs is 1. The number of aromatic nitrogens is 3. The van der Waals surface area contributed by atoms with E-state index in [1.54, 1.807) is 0 Å². The van der Waals surface area contributed by atoms with Gasteiger partial charge in [-0.25, -0.2) is 4.98 Å². The van der Waals surface area contributed by atoms with Crippen molar-refractivity contribution in [3.8, 4) is 22.4 Å². The summed E-state index contributed by atoms with van der Waals surface area (Å²) in [6.45, 7) is 12.7. The fourth-order valence-electron chi connectivity index (χ4n) is 4.84. The van der Waals surface area contributed by atoms with Crippen molar-refractivity contribution >= 4 is 16.7 Å². The molecule has 1 aliphatic heterocycles. The minimum Gasteiger partial charge on any atom is -0.354 e. The van der Waals surface area contributed by atoms with Crippen LogP contribution in [0.4, 0.5) is 5.82 Å². The summed E-state index contributed by atoms with van der Waals surface area (Å²) in [5.74, 6) is 1.46. The molecule has 4 aromatic rings. The van der Waals surface area contributed by atoms with E-state index < -0.39 is 0 Å². The minimum absolute atomic E-state index is 0.399. The van der Waals surface area contributed by atoms with Gasteiger partial charge in [-0.05, 0) is 67.3 Å².